The highest BCUT2D eigenvalue weighted by molar-refractivity contribution is 7.16. The van der Waals surface area contributed by atoms with Crippen molar-refractivity contribution in [3.05, 3.63) is 67.1 Å². The Labute approximate surface area is 127 Å². The Morgan fingerprint density at radius 2 is 1.86 bits per heavy atom. The van der Waals surface area contributed by atoms with Gasteiger partial charge in [0.2, 0.25) is 0 Å². The van der Waals surface area contributed by atoms with E-state index in [1.54, 1.807) is 0 Å². The number of hydrazone groups is 1. The summed E-state index contributed by atoms with van der Waals surface area (Å²) in [6.07, 6.45) is 1.23. The summed E-state index contributed by atoms with van der Waals surface area (Å²) in [5.41, 5.74) is 1.69. The third kappa shape index (κ3) is 3.49. The van der Waals surface area contributed by atoms with E-state index in [2.05, 4.69) is 10.5 Å². The Kier molecular flexibility index (Phi) is 4.53. The number of thiophene rings is 1. The molecule has 0 saturated heterocycles. The summed E-state index contributed by atoms with van der Waals surface area (Å²) >= 11 is 0.889. The molecule has 0 aliphatic heterocycles. The molecule has 1 N–H and O–H groups in total. The van der Waals surface area contributed by atoms with Gasteiger partial charge in [0, 0.05) is 12.1 Å². The van der Waals surface area contributed by atoms with Gasteiger partial charge in [-0.2, -0.15) is 5.10 Å². The standard InChI is InChI=1S/C12H8N4O5S/c17-12(9-3-1-2-4-10(9)15(18)19)14-13-7-8-5-6-11(22-8)16(20)21/h1-7H,(H,14,17)/b13-7+. The molecular formula is C12H8N4O5S. The topological polar surface area (TPSA) is 128 Å². The fraction of sp³-hybridized carbons (Fsp3) is 0. The van der Waals surface area contributed by atoms with Gasteiger partial charge in [0.1, 0.15) is 5.56 Å². The molecule has 112 valence electrons. The lowest BCUT2D eigenvalue weighted by molar-refractivity contribution is -0.385. The molecule has 0 spiro atoms. The van der Waals surface area contributed by atoms with Crippen molar-refractivity contribution in [2.24, 2.45) is 5.10 Å². The van der Waals surface area contributed by atoms with Crippen molar-refractivity contribution in [1.29, 1.82) is 0 Å². The van der Waals surface area contributed by atoms with Gasteiger partial charge in [0.15, 0.2) is 0 Å². The maximum atomic E-state index is 11.8. The van der Waals surface area contributed by atoms with Gasteiger partial charge < -0.3 is 0 Å². The van der Waals surface area contributed by atoms with E-state index in [0.29, 0.717) is 4.88 Å². The van der Waals surface area contributed by atoms with Gasteiger partial charge in [-0.05, 0) is 12.1 Å². The molecule has 1 aromatic carbocycles. The van der Waals surface area contributed by atoms with Crippen molar-refractivity contribution in [1.82, 2.24) is 5.43 Å². The SMILES string of the molecule is O=C(N/N=C/c1ccc([N+](=O)[O-])s1)c1ccccc1[N+](=O)[O-]. The van der Waals surface area contributed by atoms with Crippen LogP contribution in [0.5, 0.6) is 0 Å². The molecule has 0 radical (unpaired) electrons. The number of nitro benzene ring substituents is 1. The Hall–Kier alpha value is -3.14. The highest BCUT2D eigenvalue weighted by Gasteiger charge is 2.18. The normalized spacial score (nSPS) is 10.5. The van der Waals surface area contributed by atoms with Crippen LogP contribution in [-0.2, 0) is 0 Å². The predicted octanol–water partition coefficient (Wildman–Crippen LogP) is 2.33. The van der Waals surface area contributed by atoms with Crippen LogP contribution in [0, 0.1) is 20.2 Å². The van der Waals surface area contributed by atoms with E-state index in [0.717, 1.165) is 11.3 Å². The van der Waals surface area contributed by atoms with Crippen LogP contribution in [0.25, 0.3) is 0 Å². The first-order valence-corrected chi connectivity index (χ1v) is 6.61. The molecule has 0 bridgehead atoms. The highest BCUT2D eigenvalue weighted by atomic mass is 32.1. The zero-order valence-electron chi connectivity index (χ0n) is 10.8. The zero-order chi connectivity index (χ0) is 16.1. The van der Waals surface area contributed by atoms with Crippen molar-refractivity contribution in [3.8, 4) is 0 Å². The number of carbonyl (C=O) groups excluding carboxylic acids is 1. The Morgan fingerprint density at radius 3 is 2.50 bits per heavy atom. The summed E-state index contributed by atoms with van der Waals surface area (Å²) in [7, 11) is 0. The van der Waals surface area contributed by atoms with Crippen LogP contribution in [0.15, 0.2) is 41.5 Å². The van der Waals surface area contributed by atoms with Crippen LogP contribution >= 0.6 is 11.3 Å². The summed E-state index contributed by atoms with van der Waals surface area (Å²) in [5.74, 6) is -0.741. The molecule has 1 aromatic heterocycles. The molecule has 2 aromatic rings. The lowest BCUT2D eigenvalue weighted by Crippen LogP contribution is -2.18. The molecule has 9 nitrogen and oxygen atoms in total. The summed E-state index contributed by atoms with van der Waals surface area (Å²) in [6.45, 7) is 0. The van der Waals surface area contributed by atoms with E-state index in [1.807, 2.05) is 0 Å². The van der Waals surface area contributed by atoms with E-state index >= 15 is 0 Å². The van der Waals surface area contributed by atoms with Crippen LogP contribution in [0.1, 0.15) is 15.2 Å². The maximum absolute atomic E-state index is 11.8. The molecule has 22 heavy (non-hydrogen) atoms. The first kappa shape index (κ1) is 15.3. The smallest absolute Gasteiger partial charge is 0.267 e. The van der Waals surface area contributed by atoms with E-state index < -0.39 is 15.8 Å². The molecule has 0 aliphatic rings. The number of nitrogens with one attached hydrogen (secondary N) is 1. The van der Waals surface area contributed by atoms with Gasteiger partial charge in [0.25, 0.3) is 11.6 Å². The van der Waals surface area contributed by atoms with Crippen LogP contribution in [0.4, 0.5) is 10.7 Å². The van der Waals surface area contributed by atoms with Crippen molar-refractivity contribution in [2.45, 2.75) is 0 Å². The van der Waals surface area contributed by atoms with Crippen LogP contribution in [-0.4, -0.2) is 22.0 Å². The number of nitrogens with zero attached hydrogens (tertiary/aromatic N) is 3. The minimum Gasteiger partial charge on any atom is -0.267 e. The zero-order valence-corrected chi connectivity index (χ0v) is 11.6. The molecule has 1 amide bonds. The Balaban J connectivity index is 2.08. The van der Waals surface area contributed by atoms with Gasteiger partial charge in [-0.15, -0.1) is 0 Å². The van der Waals surface area contributed by atoms with Crippen molar-refractivity contribution >= 4 is 34.1 Å². The quantitative estimate of drug-likeness (QED) is 0.513. The number of hydrogen-bond acceptors (Lipinski definition) is 7. The molecule has 10 heteroatoms. The lowest BCUT2D eigenvalue weighted by atomic mass is 10.2. The van der Waals surface area contributed by atoms with Gasteiger partial charge >= 0.3 is 5.00 Å². The van der Waals surface area contributed by atoms with Crippen molar-refractivity contribution in [2.75, 3.05) is 0 Å². The minimum absolute atomic E-state index is 0.0496. The number of amides is 1. The molecule has 0 unspecified atom stereocenters. The predicted molar refractivity (Wildman–Crippen MR) is 79.1 cm³/mol. The number of para-hydroxylation sites is 1. The van der Waals surface area contributed by atoms with Gasteiger partial charge in [-0.3, -0.25) is 25.0 Å². The molecule has 0 atom stereocenters. The fourth-order valence-electron chi connectivity index (χ4n) is 1.55. The number of carbonyl (C=O) groups is 1. The number of nitro groups is 2. The molecule has 0 saturated carbocycles. The average Bonchev–Trinajstić information content (AvgIpc) is 2.96. The number of rotatable bonds is 5. The van der Waals surface area contributed by atoms with Gasteiger partial charge in [-0.25, -0.2) is 5.43 Å². The van der Waals surface area contributed by atoms with Crippen LogP contribution in [0.3, 0.4) is 0 Å². The largest absolute Gasteiger partial charge is 0.324 e. The first-order chi connectivity index (χ1) is 10.5. The Morgan fingerprint density at radius 1 is 1.14 bits per heavy atom. The molecule has 0 fully saturated rings. The summed E-state index contributed by atoms with van der Waals surface area (Å²) in [6, 6.07) is 8.25. The molecule has 1 heterocycles. The van der Waals surface area contributed by atoms with Crippen molar-refractivity contribution in [3.63, 3.8) is 0 Å². The van der Waals surface area contributed by atoms with E-state index in [9.17, 15) is 25.0 Å². The van der Waals surface area contributed by atoms with Crippen LogP contribution in [0.2, 0.25) is 0 Å². The molecule has 2 rings (SSSR count). The third-order valence-corrected chi connectivity index (χ3v) is 3.47. The van der Waals surface area contributed by atoms with E-state index in [-0.39, 0.29) is 16.3 Å². The second-order valence-corrected chi connectivity index (χ2v) is 5.00. The van der Waals surface area contributed by atoms with E-state index in [1.165, 1.54) is 42.6 Å². The fourth-order valence-corrected chi connectivity index (χ4v) is 2.24. The third-order valence-electron chi connectivity index (χ3n) is 2.50. The second kappa shape index (κ2) is 6.54. The average molecular weight is 320 g/mol. The number of hydrogen-bond donors (Lipinski definition) is 1. The monoisotopic (exact) mass is 320 g/mol. The van der Waals surface area contributed by atoms with Crippen LogP contribution < -0.4 is 5.43 Å². The minimum atomic E-state index is -0.741. The summed E-state index contributed by atoms with van der Waals surface area (Å²) in [4.78, 5) is 32.4. The van der Waals surface area contributed by atoms with E-state index in [4.69, 9.17) is 0 Å². The summed E-state index contributed by atoms with van der Waals surface area (Å²) < 4.78 is 0. The maximum Gasteiger partial charge on any atom is 0.324 e. The summed E-state index contributed by atoms with van der Waals surface area (Å²) in [5, 5.41) is 24.9. The second-order valence-electron chi connectivity index (χ2n) is 3.91. The first-order valence-electron chi connectivity index (χ1n) is 5.80. The lowest BCUT2D eigenvalue weighted by Gasteiger charge is -2.00. The van der Waals surface area contributed by atoms with Gasteiger partial charge in [-0.1, -0.05) is 23.5 Å². The molecular weight excluding hydrogens is 312 g/mol. The van der Waals surface area contributed by atoms with Crippen molar-refractivity contribution < 1.29 is 14.6 Å². The molecule has 0 aliphatic carbocycles. The van der Waals surface area contributed by atoms with Gasteiger partial charge in [0.05, 0.1) is 20.9 Å². The highest BCUT2D eigenvalue weighted by Crippen LogP contribution is 2.22. The Bertz CT molecular complexity index is 770. The number of benzene rings is 1.